The van der Waals surface area contributed by atoms with Gasteiger partial charge in [0, 0.05) is 29.0 Å². The number of carbonyl (C=O) groups is 1. The molecule has 94 valence electrons. The number of hydrogen-bond donors (Lipinski definition) is 0. The molecule has 0 saturated carbocycles. The molecule has 2 aromatic rings. The van der Waals surface area contributed by atoms with Crippen molar-refractivity contribution in [1.29, 1.82) is 0 Å². The molecule has 1 atom stereocenters. The molecule has 1 aromatic heterocycles. The highest BCUT2D eigenvalue weighted by Gasteiger charge is 2.12. The molecule has 0 radical (unpaired) electrons. The summed E-state index contributed by atoms with van der Waals surface area (Å²) < 4.78 is 1.40. The van der Waals surface area contributed by atoms with Crippen LogP contribution in [0.1, 0.15) is 23.7 Å². The minimum absolute atomic E-state index is 0.0349. The molecule has 1 heterocycles. The van der Waals surface area contributed by atoms with Crippen molar-refractivity contribution in [1.82, 2.24) is 9.78 Å². The Labute approximate surface area is 111 Å². The summed E-state index contributed by atoms with van der Waals surface area (Å²) in [6.07, 6.45) is 3.79. The first kappa shape index (κ1) is 12.9. The Morgan fingerprint density at radius 1 is 1.44 bits per heavy atom. The van der Waals surface area contributed by atoms with E-state index in [1.165, 1.54) is 15.1 Å². The number of benzene rings is 1. The summed E-state index contributed by atoms with van der Waals surface area (Å²) >= 11 is 1.72. The lowest BCUT2D eigenvalue weighted by Crippen LogP contribution is -2.15. The van der Waals surface area contributed by atoms with E-state index >= 15 is 0 Å². The van der Waals surface area contributed by atoms with Gasteiger partial charge in [-0.3, -0.25) is 4.79 Å². The molecular weight excluding hydrogens is 244 g/mol. The molecule has 0 unspecified atom stereocenters. The number of nitrogens with zero attached hydrogens (tertiary/aromatic N) is 2. The fourth-order valence-electron chi connectivity index (χ4n) is 1.72. The fourth-order valence-corrected chi connectivity index (χ4v) is 2.82. The van der Waals surface area contributed by atoms with Crippen LogP contribution in [-0.2, 0) is 0 Å². The van der Waals surface area contributed by atoms with Crippen LogP contribution < -0.4 is 0 Å². The molecule has 1 aromatic carbocycles. The van der Waals surface area contributed by atoms with Crippen LogP contribution in [0.15, 0.2) is 47.6 Å². The number of aryl methyl sites for hydroxylation is 1. The van der Waals surface area contributed by atoms with Crippen molar-refractivity contribution < 1.29 is 4.79 Å². The Kier molecular flexibility index (Phi) is 4.20. The standard InChI is InChI=1S/C14H16N2OS/c1-11-5-3-6-13(9-11)18-12(2)10-14(17)16-8-4-7-15-16/h3-9,12H,10H2,1-2H3/t12-/m1/s1. The Bertz CT molecular complexity index is 522. The van der Waals surface area contributed by atoms with Gasteiger partial charge < -0.3 is 0 Å². The average molecular weight is 260 g/mol. The Morgan fingerprint density at radius 2 is 2.28 bits per heavy atom. The predicted octanol–water partition coefficient (Wildman–Crippen LogP) is 3.40. The minimum Gasteiger partial charge on any atom is -0.273 e. The Morgan fingerprint density at radius 3 is 2.94 bits per heavy atom. The fraction of sp³-hybridized carbons (Fsp3) is 0.286. The van der Waals surface area contributed by atoms with E-state index in [0.29, 0.717) is 6.42 Å². The van der Waals surface area contributed by atoms with E-state index in [2.05, 4.69) is 37.1 Å². The average Bonchev–Trinajstić information content (AvgIpc) is 2.81. The highest BCUT2D eigenvalue weighted by atomic mass is 32.2. The SMILES string of the molecule is Cc1cccc(S[C@H](C)CC(=O)n2cccn2)c1. The van der Waals surface area contributed by atoms with Gasteiger partial charge in [0.05, 0.1) is 0 Å². The third-order valence-corrected chi connectivity index (χ3v) is 3.64. The first-order chi connectivity index (χ1) is 8.65. The third kappa shape index (κ3) is 3.47. The van der Waals surface area contributed by atoms with Crippen LogP contribution in [0.4, 0.5) is 0 Å². The van der Waals surface area contributed by atoms with Crippen molar-refractivity contribution in [3.8, 4) is 0 Å². The molecule has 0 aliphatic heterocycles. The van der Waals surface area contributed by atoms with Gasteiger partial charge in [0.2, 0.25) is 5.91 Å². The maximum absolute atomic E-state index is 11.9. The second-order valence-corrected chi connectivity index (χ2v) is 5.81. The first-order valence-corrected chi connectivity index (χ1v) is 6.79. The quantitative estimate of drug-likeness (QED) is 0.790. The van der Waals surface area contributed by atoms with E-state index in [1.807, 2.05) is 6.07 Å². The maximum Gasteiger partial charge on any atom is 0.247 e. The van der Waals surface area contributed by atoms with E-state index < -0.39 is 0 Å². The summed E-state index contributed by atoms with van der Waals surface area (Å²) in [7, 11) is 0. The molecular formula is C14H16N2OS. The summed E-state index contributed by atoms with van der Waals surface area (Å²) in [5.74, 6) is 0.0349. The van der Waals surface area contributed by atoms with Crippen LogP contribution in [0.5, 0.6) is 0 Å². The van der Waals surface area contributed by atoms with Crippen LogP contribution in [0, 0.1) is 6.92 Å². The Balaban J connectivity index is 1.93. The molecule has 0 spiro atoms. The molecule has 0 aliphatic rings. The van der Waals surface area contributed by atoms with Gasteiger partial charge in [0.1, 0.15) is 0 Å². The second-order valence-electron chi connectivity index (χ2n) is 4.29. The van der Waals surface area contributed by atoms with Crippen LogP contribution in [-0.4, -0.2) is 20.9 Å². The highest BCUT2D eigenvalue weighted by molar-refractivity contribution is 8.00. The van der Waals surface area contributed by atoms with E-state index in [4.69, 9.17) is 0 Å². The smallest absolute Gasteiger partial charge is 0.247 e. The monoisotopic (exact) mass is 260 g/mol. The molecule has 4 heteroatoms. The molecule has 3 nitrogen and oxygen atoms in total. The van der Waals surface area contributed by atoms with Crippen LogP contribution in [0.3, 0.4) is 0 Å². The topological polar surface area (TPSA) is 34.9 Å². The van der Waals surface area contributed by atoms with Crippen molar-refractivity contribution in [3.05, 3.63) is 48.3 Å². The van der Waals surface area contributed by atoms with Gasteiger partial charge in [0.15, 0.2) is 0 Å². The number of hydrogen-bond acceptors (Lipinski definition) is 3. The van der Waals surface area contributed by atoms with Gasteiger partial charge in [0.25, 0.3) is 0 Å². The normalized spacial score (nSPS) is 12.3. The third-order valence-electron chi connectivity index (χ3n) is 2.55. The lowest BCUT2D eigenvalue weighted by atomic mass is 10.2. The van der Waals surface area contributed by atoms with Gasteiger partial charge in [-0.25, -0.2) is 4.68 Å². The largest absolute Gasteiger partial charge is 0.273 e. The minimum atomic E-state index is 0.0349. The zero-order valence-corrected chi connectivity index (χ0v) is 11.4. The van der Waals surface area contributed by atoms with Gasteiger partial charge in [-0.2, -0.15) is 5.10 Å². The van der Waals surface area contributed by atoms with Crippen LogP contribution in [0.2, 0.25) is 0 Å². The molecule has 0 bridgehead atoms. The molecule has 0 aliphatic carbocycles. The zero-order chi connectivity index (χ0) is 13.0. The lowest BCUT2D eigenvalue weighted by molar-refractivity contribution is 0.0888. The van der Waals surface area contributed by atoms with Crippen molar-refractivity contribution in [2.75, 3.05) is 0 Å². The molecule has 0 saturated heterocycles. The lowest BCUT2D eigenvalue weighted by Gasteiger charge is -2.10. The maximum atomic E-state index is 11.9. The van der Waals surface area contributed by atoms with Crippen molar-refractivity contribution in [2.24, 2.45) is 0 Å². The first-order valence-electron chi connectivity index (χ1n) is 5.91. The zero-order valence-electron chi connectivity index (χ0n) is 10.5. The van der Waals surface area contributed by atoms with Crippen LogP contribution >= 0.6 is 11.8 Å². The number of rotatable bonds is 4. The van der Waals surface area contributed by atoms with E-state index in [-0.39, 0.29) is 11.2 Å². The summed E-state index contributed by atoms with van der Waals surface area (Å²) in [4.78, 5) is 13.1. The van der Waals surface area contributed by atoms with Gasteiger partial charge in [-0.1, -0.05) is 24.6 Å². The van der Waals surface area contributed by atoms with Crippen molar-refractivity contribution >= 4 is 17.7 Å². The summed E-state index contributed by atoms with van der Waals surface area (Å²) in [6, 6.07) is 10.1. The second kappa shape index (κ2) is 5.87. The van der Waals surface area contributed by atoms with Crippen molar-refractivity contribution in [3.63, 3.8) is 0 Å². The number of thioether (sulfide) groups is 1. The number of aromatic nitrogens is 2. The Hall–Kier alpha value is -1.55. The van der Waals surface area contributed by atoms with E-state index in [9.17, 15) is 4.79 Å². The van der Waals surface area contributed by atoms with E-state index in [1.54, 1.807) is 30.2 Å². The summed E-state index contributed by atoms with van der Waals surface area (Å²) in [6.45, 7) is 4.14. The highest BCUT2D eigenvalue weighted by Crippen LogP contribution is 2.25. The molecule has 0 fully saturated rings. The summed E-state index contributed by atoms with van der Waals surface area (Å²) in [5.41, 5.74) is 1.24. The molecule has 18 heavy (non-hydrogen) atoms. The molecule has 0 N–H and O–H groups in total. The van der Waals surface area contributed by atoms with Gasteiger partial charge in [-0.15, -0.1) is 11.8 Å². The molecule has 2 rings (SSSR count). The summed E-state index contributed by atoms with van der Waals surface area (Å²) in [5, 5.41) is 4.19. The van der Waals surface area contributed by atoms with Gasteiger partial charge in [-0.05, 0) is 25.1 Å². The van der Waals surface area contributed by atoms with Crippen molar-refractivity contribution in [2.45, 2.75) is 30.4 Å². The molecule has 0 amide bonds. The van der Waals surface area contributed by atoms with Gasteiger partial charge >= 0.3 is 0 Å². The number of carbonyl (C=O) groups excluding carboxylic acids is 1. The predicted molar refractivity (Wildman–Crippen MR) is 74.0 cm³/mol. The van der Waals surface area contributed by atoms with Crippen LogP contribution in [0.25, 0.3) is 0 Å². The van der Waals surface area contributed by atoms with E-state index in [0.717, 1.165) is 0 Å².